The molecule has 6 nitrogen and oxygen atoms in total. The number of nitrogen functional groups attached to an aromatic ring is 3. The molecule has 0 aliphatic carbocycles. The van der Waals surface area contributed by atoms with Crippen LogP contribution in [0.15, 0.2) is 18.2 Å². The van der Waals surface area contributed by atoms with E-state index >= 15 is 0 Å². The van der Waals surface area contributed by atoms with Crippen molar-refractivity contribution < 1.29 is 0 Å². The number of hydrogen-bond acceptors (Lipinski definition) is 6. The summed E-state index contributed by atoms with van der Waals surface area (Å²) >= 11 is 0. The van der Waals surface area contributed by atoms with Crippen LogP contribution >= 0.6 is 0 Å². The Hall–Kier alpha value is -2.50. The molecular formula is C14H20N6. The molecule has 20 heavy (non-hydrogen) atoms. The average Bonchev–Trinajstić information content (AvgIpc) is 2.40. The Morgan fingerprint density at radius 3 is 2.45 bits per heavy atom. The van der Waals surface area contributed by atoms with Gasteiger partial charge in [-0.05, 0) is 31.0 Å². The summed E-state index contributed by atoms with van der Waals surface area (Å²) in [6.45, 7) is 4.84. The molecule has 1 aromatic heterocycles. The second kappa shape index (κ2) is 5.64. The average molecular weight is 272 g/mol. The molecule has 0 spiro atoms. The van der Waals surface area contributed by atoms with E-state index in [1.54, 1.807) is 0 Å². The first-order valence-electron chi connectivity index (χ1n) is 6.62. The molecule has 1 heterocycles. The minimum absolute atomic E-state index is 0.195. The van der Waals surface area contributed by atoms with Gasteiger partial charge in [0.2, 0.25) is 5.95 Å². The van der Waals surface area contributed by atoms with Crippen molar-refractivity contribution in [1.29, 1.82) is 0 Å². The third-order valence-corrected chi connectivity index (χ3v) is 3.07. The van der Waals surface area contributed by atoms with Crippen LogP contribution in [0.1, 0.15) is 19.5 Å². The zero-order valence-corrected chi connectivity index (χ0v) is 11.8. The summed E-state index contributed by atoms with van der Waals surface area (Å²) in [7, 11) is 0. The normalized spacial score (nSPS) is 10.5. The van der Waals surface area contributed by atoms with E-state index in [2.05, 4.69) is 15.3 Å². The van der Waals surface area contributed by atoms with E-state index in [0.717, 1.165) is 35.5 Å². The fourth-order valence-corrected chi connectivity index (χ4v) is 2.19. The zero-order chi connectivity index (χ0) is 14.7. The number of nitrogens with one attached hydrogen (secondary N) is 1. The van der Waals surface area contributed by atoms with Crippen molar-refractivity contribution in [2.24, 2.45) is 0 Å². The number of hydrogen-bond donors (Lipinski definition) is 4. The Kier molecular flexibility index (Phi) is 3.93. The summed E-state index contributed by atoms with van der Waals surface area (Å²) < 4.78 is 0. The number of nitrogens with zero attached hydrogens (tertiary/aromatic N) is 2. The molecule has 7 N–H and O–H groups in total. The molecule has 1 aromatic carbocycles. The van der Waals surface area contributed by atoms with Crippen molar-refractivity contribution in [2.45, 2.75) is 20.3 Å². The summed E-state index contributed by atoms with van der Waals surface area (Å²) in [6.07, 6.45) is 0.723. The van der Waals surface area contributed by atoms with Gasteiger partial charge in [-0.2, -0.15) is 4.98 Å². The molecule has 0 saturated carbocycles. The van der Waals surface area contributed by atoms with Crippen LogP contribution in [0.2, 0.25) is 0 Å². The van der Waals surface area contributed by atoms with Crippen LogP contribution in [0.5, 0.6) is 0 Å². The van der Waals surface area contributed by atoms with E-state index in [1.807, 2.05) is 32.0 Å². The van der Waals surface area contributed by atoms with Crippen molar-refractivity contribution in [3.05, 3.63) is 23.9 Å². The van der Waals surface area contributed by atoms with Crippen LogP contribution in [0, 0.1) is 0 Å². The number of rotatable bonds is 4. The maximum absolute atomic E-state index is 6.05. The molecule has 0 bridgehead atoms. The standard InChI is InChI=1S/C14H20N6/c1-3-10-12(13(16)20-14(17)19-10)8-5-6-11(18-4-2)9(15)7-8/h5-7,18H,3-4,15H2,1-2H3,(H4,16,17,19,20). The van der Waals surface area contributed by atoms with Crippen LogP contribution in [0.3, 0.4) is 0 Å². The predicted octanol–water partition coefficient (Wildman–Crippen LogP) is 1.88. The highest BCUT2D eigenvalue weighted by Crippen LogP contribution is 2.32. The van der Waals surface area contributed by atoms with Crippen LogP contribution in [-0.4, -0.2) is 16.5 Å². The van der Waals surface area contributed by atoms with Crippen LogP contribution in [-0.2, 0) is 6.42 Å². The predicted molar refractivity (Wildman–Crippen MR) is 84.2 cm³/mol. The Bertz CT molecular complexity index is 623. The van der Waals surface area contributed by atoms with Gasteiger partial charge in [-0.15, -0.1) is 0 Å². The van der Waals surface area contributed by atoms with Gasteiger partial charge >= 0.3 is 0 Å². The lowest BCUT2D eigenvalue weighted by Crippen LogP contribution is -2.07. The highest BCUT2D eigenvalue weighted by molar-refractivity contribution is 5.82. The molecule has 0 unspecified atom stereocenters. The number of anilines is 4. The van der Waals surface area contributed by atoms with Crippen LogP contribution in [0.25, 0.3) is 11.1 Å². The van der Waals surface area contributed by atoms with Gasteiger partial charge in [0, 0.05) is 12.1 Å². The van der Waals surface area contributed by atoms with E-state index < -0.39 is 0 Å². The molecule has 2 aromatic rings. The largest absolute Gasteiger partial charge is 0.397 e. The molecule has 0 aliphatic rings. The van der Waals surface area contributed by atoms with Crippen LogP contribution < -0.4 is 22.5 Å². The summed E-state index contributed by atoms with van der Waals surface area (Å²) in [5.41, 5.74) is 21.8. The topological polar surface area (TPSA) is 116 Å². The van der Waals surface area contributed by atoms with E-state index in [9.17, 15) is 0 Å². The van der Waals surface area contributed by atoms with E-state index in [1.165, 1.54) is 0 Å². The lowest BCUT2D eigenvalue weighted by molar-refractivity contribution is 1.02. The Morgan fingerprint density at radius 1 is 1.10 bits per heavy atom. The Morgan fingerprint density at radius 2 is 1.85 bits per heavy atom. The summed E-state index contributed by atoms with van der Waals surface area (Å²) in [5, 5.41) is 3.20. The molecule has 0 radical (unpaired) electrons. The minimum Gasteiger partial charge on any atom is -0.397 e. The number of aromatic nitrogens is 2. The van der Waals surface area contributed by atoms with Gasteiger partial charge in [-0.25, -0.2) is 4.98 Å². The molecule has 0 saturated heterocycles. The summed E-state index contributed by atoms with van der Waals surface area (Å²) in [6, 6.07) is 5.77. The first-order chi connectivity index (χ1) is 9.56. The smallest absolute Gasteiger partial charge is 0.222 e. The fourth-order valence-electron chi connectivity index (χ4n) is 2.19. The summed E-state index contributed by atoms with van der Waals surface area (Å²) in [5.74, 6) is 0.574. The molecule has 0 atom stereocenters. The zero-order valence-electron chi connectivity index (χ0n) is 11.8. The minimum atomic E-state index is 0.195. The van der Waals surface area contributed by atoms with Crippen molar-refractivity contribution in [3.63, 3.8) is 0 Å². The molecule has 0 amide bonds. The van der Waals surface area contributed by atoms with Crippen molar-refractivity contribution in [3.8, 4) is 11.1 Å². The number of nitrogens with two attached hydrogens (primary N) is 3. The second-order valence-corrected chi connectivity index (χ2v) is 4.47. The number of aryl methyl sites for hydroxylation is 1. The third kappa shape index (κ3) is 2.59. The van der Waals surface area contributed by atoms with Crippen molar-refractivity contribution in [1.82, 2.24) is 9.97 Å². The van der Waals surface area contributed by atoms with E-state index in [0.29, 0.717) is 11.5 Å². The fraction of sp³-hybridized carbons (Fsp3) is 0.286. The maximum Gasteiger partial charge on any atom is 0.222 e. The molecule has 6 heteroatoms. The highest BCUT2D eigenvalue weighted by atomic mass is 15.0. The molecule has 106 valence electrons. The third-order valence-electron chi connectivity index (χ3n) is 3.07. The Balaban J connectivity index is 2.54. The molecule has 0 fully saturated rings. The van der Waals surface area contributed by atoms with Gasteiger partial charge in [0.05, 0.1) is 17.1 Å². The highest BCUT2D eigenvalue weighted by Gasteiger charge is 2.13. The van der Waals surface area contributed by atoms with Gasteiger partial charge < -0.3 is 22.5 Å². The van der Waals surface area contributed by atoms with Gasteiger partial charge in [-0.3, -0.25) is 0 Å². The Labute approximate surface area is 118 Å². The lowest BCUT2D eigenvalue weighted by Gasteiger charge is -2.13. The van der Waals surface area contributed by atoms with Gasteiger partial charge in [-0.1, -0.05) is 13.0 Å². The van der Waals surface area contributed by atoms with Gasteiger partial charge in [0.25, 0.3) is 0 Å². The first-order valence-corrected chi connectivity index (χ1v) is 6.62. The first kappa shape index (κ1) is 13.9. The monoisotopic (exact) mass is 272 g/mol. The van der Waals surface area contributed by atoms with Crippen molar-refractivity contribution >= 4 is 23.1 Å². The molecule has 0 aliphatic heterocycles. The SMILES string of the molecule is CCNc1ccc(-c2c(N)nc(N)nc2CC)cc1N. The molecular weight excluding hydrogens is 252 g/mol. The quantitative estimate of drug-likeness (QED) is 0.631. The number of benzene rings is 1. The summed E-state index contributed by atoms with van der Waals surface area (Å²) in [4.78, 5) is 8.28. The van der Waals surface area contributed by atoms with Gasteiger partial charge in [0.15, 0.2) is 0 Å². The second-order valence-electron chi connectivity index (χ2n) is 4.47. The van der Waals surface area contributed by atoms with E-state index in [4.69, 9.17) is 17.2 Å². The van der Waals surface area contributed by atoms with Gasteiger partial charge in [0.1, 0.15) is 5.82 Å². The van der Waals surface area contributed by atoms with Crippen LogP contribution in [0.4, 0.5) is 23.1 Å². The van der Waals surface area contributed by atoms with E-state index in [-0.39, 0.29) is 5.95 Å². The lowest BCUT2D eigenvalue weighted by atomic mass is 10.0. The van der Waals surface area contributed by atoms with Crippen molar-refractivity contribution in [2.75, 3.05) is 29.1 Å². The maximum atomic E-state index is 6.05. The molecule has 2 rings (SSSR count).